The molecule has 0 saturated heterocycles. The first-order chi connectivity index (χ1) is 8.00. The molecule has 0 aliphatic rings. The molecule has 1 rings (SSSR count). The fourth-order valence-corrected chi connectivity index (χ4v) is 0.939. The summed E-state index contributed by atoms with van der Waals surface area (Å²) in [5, 5.41) is 13.9. The Morgan fingerprint density at radius 1 is 1.47 bits per heavy atom. The van der Waals surface area contributed by atoms with E-state index in [0.717, 1.165) is 6.21 Å². The smallest absolute Gasteiger partial charge is 0.329 e. The SMILES string of the molecule is NC(=O)C(=O)NN=Cc1cccc([N+](=O)[O-])c1. The molecular formula is C9H8N4O4. The second-order valence-corrected chi connectivity index (χ2v) is 2.92. The number of nitro groups is 1. The number of hydrogen-bond donors (Lipinski definition) is 2. The van der Waals surface area contributed by atoms with Crippen molar-refractivity contribution in [1.29, 1.82) is 0 Å². The van der Waals surface area contributed by atoms with Gasteiger partial charge in [0.1, 0.15) is 0 Å². The predicted octanol–water partition coefficient (Wildman–Crippen LogP) is -0.470. The highest BCUT2D eigenvalue weighted by molar-refractivity contribution is 6.34. The van der Waals surface area contributed by atoms with Crippen LogP contribution in [0.3, 0.4) is 0 Å². The zero-order valence-electron chi connectivity index (χ0n) is 8.49. The molecule has 0 bridgehead atoms. The highest BCUT2D eigenvalue weighted by atomic mass is 16.6. The van der Waals surface area contributed by atoms with Gasteiger partial charge in [-0.25, -0.2) is 5.43 Å². The summed E-state index contributed by atoms with van der Waals surface area (Å²) in [6.45, 7) is 0. The maximum absolute atomic E-state index is 10.7. The summed E-state index contributed by atoms with van der Waals surface area (Å²) in [4.78, 5) is 30.9. The van der Waals surface area contributed by atoms with E-state index < -0.39 is 16.7 Å². The van der Waals surface area contributed by atoms with E-state index in [0.29, 0.717) is 5.56 Å². The highest BCUT2D eigenvalue weighted by Gasteiger charge is 2.06. The van der Waals surface area contributed by atoms with Gasteiger partial charge in [0.15, 0.2) is 0 Å². The number of nitrogens with zero attached hydrogens (tertiary/aromatic N) is 2. The van der Waals surface area contributed by atoms with Gasteiger partial charge in [-0.1, -0.05) is 12.1 Å². The van der Waals surface area contributed by atoms with E-state index >= 15 is 0 Å². The molecule has 8 heteroatoms. The quantitative estimate of drug-likeness (QED) is 0.318. The first-order valence-corrected chi connectivity index (χ1v) is 4.38. The van der Waals surface area contributed by atoms with Crippen molar-refractivity contribution in [2.75, 3.05) is 0 Å². The van der Waals surface area contributed by atoms with Crippen LogP contribution in [0.4, 0.5) is 5.69 Å². The second kappa shape index (κ2) is 5.35. The maximum atomic E-state index is 10.7. The highest BCUT2D eigenvalue weighted by Crippen LogP contribution is 2.11. The molecule has 0 aliphatic heterocycles. The summed E-state index contributed by atoms with van der Waals surface area (Å²) in [5.74, 6) is -2.23. The lowest BCUT2D eigenvalue weighted by molar-refractivity contribution is -0.384. The van der Waals surface area contributed by atoms with Crippen LogP contribution in [0.5, 0.6) is 0 Å². The Bertz CT molecular complexity index is 498. The average Bonchev–Trinajstić information content (AvgIpc) is 2.29. The first kappa shape index (κ1) is 12.3. The molecule has 88 valence electrons. The molecule has 1 aromatic rings. The fourth-order valence-electron chi connectivity index (χ4n) is 0.939. The number of nitrogens with two attached hydrogens (primary N) is 1. The van der Waals surface area contributed by atoms with Crippen molar-refractivity contribution < 1.29 is 14.5 Å². The lowest BCUT2D eigenvalue weighted by Gasteiger charge is -1.95. The van der Waals surface area contributed by atoms with Crippen LogP contribution in [0.1, 0.15) is 5.56 Å². The van der Waals surface area contributed by atoms with E-state index in [-0.39, 0.29) is 5.69 Å². The summed E-state index contributed by atoms with van der Waals surface area (Å²) in [5.41, 5.74) is 6.84. The third-order valence-electron chi connectivity index (χ3n) is 1.68. The molecule has 0 spiro atoms. The van der Waals surface area contributed by atoms with E-state index in [9.17, 15) is 19.7 Å². The van der Waals surface area contributed by atoms with E-state index in [1.54, 1.807) is 6.07 Å². The summed E-state index contributed by atoms with van der Waals surface area (Å²) in [6, 6.07) is 5.60. The number of nitrogens with one attached hydrogen (secondary N) is 1. The number of non-ortho nitro benzene ring substituents is 1. The minimum Gasteiger partial charge on any atom is -0.361 e. The summed E-state index contributed by atoms with van der Waals surface area (Å²) in [7, 11) is 0. The summed E-state index contributed by atoms with van der Waals surface area (Å²) in [6.07, 6.45) is 1.16. The number of primary amides is 1. The van der Waals surface area contributed by atoms with Crippen molar-refractivity contribution in [3.05, 3.63) is 39.9 Å². The van der Waals surface area contributed by atoms with Crippen LogP contribution in [0.25, 0.3) is 0 Å². The van der Waals surface area contributed by atoms with Crippen LogP contribution in [0.15, 0.2) is 29.4 Å². The van der Waals surface area contributed by atoms with E-state index in [2.05, 4.69) is 10.8 Å². The molecule has 0 unspecified atom stereocenters. The van der Waals surface area contributed by atoms with Crippen LogP contribution in [-0.2, 0) is 9.59 Å². The van der Waals surface area contributed by atoms with Gasteiger partial charge in [0.2, 0.25) is 0 Å². The van der Waals surface area contributed by atoms with Crippen LogP contribution < -0.4 is 11.2 Å². The molecule has 8 nitrogen and oxygen atoms in total. The van der Waals surface area contributed by atoms with Crippen molar-refractivity contribution in [3.8, 4) is 0 Å². The number of amides is 2. The summed E-state index contributed by atoms with van der Waals surface area (Å²) >= 11 is 0. The predicted molar refractivity (Wildman–Crippen MR) is 58.0 cm³/mol. The molecule has 3 N–H and O–H groups in total. The number of nitro benzene ring substituents is 1. The van der Waals surface area contributed by atoms with Crippen molar-refractivity contribution in [3.63, 3.8) is 0 Å². The molecule has 17 heavy (non-hydrogen) atoms. The van der Waals surface area contributed by atoms with Gasteiger partial charge in [-0.15, -0.1) is 0 Å². The molecule has 0 aliphatic carbocycles. The minimum absolute atomic E-state index is 0.102. The first-order valence-electron chi connectivity index (χ1n) is 4.38. The maximum Gasteiger partial charge on any atom is 0.329 e. The minimum atomic E-state index is -1.17. The van der Waals surface area contributed by atoms with Gasteiger partial charge in [-0.3, -0.25) is 19.7 Å². The lowest BCUT2D eigenvalue weighted by atomic mass is 10.2. The molecule has 0 fully saturated rings. The molecule has 0 heterocycles. The van der Waals surface area contributed by atoms with Crippen molar-refractivity contribution in [1.82, 2.24) is 5.43 Å². The Labute approximate surface area is 95.3 Å². The number of hydrazone groups is 1. The Kier molecular flexibility index (Phi) is 3.87. The molecule has 0 saturated carbocycles. The topological polar surface area (TPSA) is 128 Å². The van der Waals surface area contributed by atoms with E-state index in [4.69, 9.17) is 0 Å². The van der Waals surface area contributed by atoms with Crippen LogP contribution in [0, 0.1) is 10.1 Å². The third-order valence-corrected chi connectivity index (χ3v) is 1.68. The Morgan fingerprint density at radius 3 is 2.76 bits per heavy atom. The Hall–Kier alpha value is -2.77. The van der Waals surface area contributed by atoms with Crippen molar-refractivity contribution in [2.24, 2.45) is 10.8 Å². The normalized spacial score (nSPS) is 10.1. The van der Waals surface area contributed by atoms with Crippen LogP contribution >= 0.6 is 0 Å². The summed E-state index contributed by atoms with van der Waals surface area (Å²) < 4.78 is 0. The molecular weight excluding hydrogens is 228 g/mol. The van der Waals surface area contributed by atoms with Gasteiger partial charge in [0, 0.05) is 17.7 Å². The molecule has 2 amide bonds. The monoisotopic (exact) mass is 236 g/mol. The molecule has 0 radical (unpaired) electrons. The number of benzene rings is 1. The fraction of sp³-hybridized carbons (Fsp3) is 0. The third kappa shape index (κ3) is 3.70. The zero-order valence-corrected chi connectivity index (χ0v) is 8.49. The van der Waals surface area contributed by atoms with Gasteiger partial charge in [-0.05, 0) is 0 Å². The lowest BCUT2D eigenvalue weighted by Crippen LogP contribution is -2.32. The average molecular weight is 236 g/mol. The van der Waals surface area contributed by atoms with Crippen LogP contribution in [-0.4, -0.2) is 23.0 Å². The number of carbonyl (C=O) groups is 2. The zero-order chi connectivity index (χ0) is 12.8. The molecule has 0 aromatic heterocycles. The number of carbonyl (C=O) groups excluding carboxylic acids is 2. The molecule has 0 atom stereocenters. The number of hydrogen-bond acceptors (Lipinski definition) is 5. The van der Waals surface area contributed by atoms with E-state index in [1.807, 2.05) is 5.43 Å². The van der Waals surface area contributed by atoms with Gasteiger partial charge >= 0.3 is 11.8 Å². The largest absolute Gasteiger partial charge is 0.361 e. The Morgan fingerprint density at radius 2 is 2.18 bits per heavy atom. The second-order valence-electron chi connectivity index (χ2n) is 2.92. The van der Waals surface area contributed by atoms with Crippen molar-refractivity contribution in [2.45, 2.75) is 0 Å². The van der Waals surface area contributed by atoms with E-state index in [1.165, 1.54) is 18.2 Å². The Balaban J connectivity index is 2.72. The van der Waals surface area contributed by atoms with Gasteiger partial charge in [0.25, 0.3) is 5.69 Å². The number of rotatable bonds is 3. The van der Waals surface area contributed by atoms with Crippen LogP contribution in [0.2, 0.25) is 0 Å². The van der Waals surface area contributed by atoms with Gasteiger partial charge in [0.05, 0.1) is 11.1 Å². The van der Waals surface area contributed by atoms with Gasteiger partial charge < -0.3 is 5.73 Å². The standard InChI is InChI=1S/C9H8N4O4/c10-8(14)9(15)12-11-5-6-2-1-3-7(4-6)13(16)17/h1-5H,(H2,10,14)(H,12,15). The molecule has 1 aromatic carbocycles. The van der Waals surface area contributed by atoms with Gasteiger partial charge in [-0.2, -0.15) is 5.10 Å². The van der Waals surface area contributed by atoms with Crippen molar-refractivity contribution >= 4 is 23.7 Å².